The fourth-order valence-corrected chi connectivity index (χ4v) is 2.22. The molecular formula is C14H17NO3. The third kappa shape index (κ3) is 2.24. The zero-order chi connectivity index (χ0) is 13.3. The van der Waals surface area contributed by atoms with Crippen molar-refractivity contribution in [2.24, 2.45) is 0 Å². The van der Waals surface area contributed by atoms with Crippen LogP contribution < -0.4 is 0 Å². The number of carbonyl (C=O) groups is 1. The van der Waals surface area contributed by atoms with Gasteiger partial charge in [-0.15, -0.1) is 0 Å². The minimum Gasteiger partial charge on any atom is -0.481 e. The average molecular weight is 247 g/mol. The van der Waals surface area contributed by atoms with Crippen molar-refractivity contribution in [1.82, 2.24) is 4.57 Å². The van der Waals surface area contributed by atoms with Crippen molar-refractivity contribution in [2.75, 3.05) is 6.61 Å². The first-order chi connectivity index (χ1) is 8.52. The van der Waals surface area contributed by atoms with E-state index in [1.54, 1.807) is 0 Å². The lowest BCUT2D eigenvalue weighted by Crippen LogP contribution is -2.01. The molecule has 2 N–H and O–H groups in total. The molecule has 18 heavy (non-hydrogen) atoms. The summed E-state index contributed by atoms with van der Waals surface area (Å²) >= 11 is 0. The Balaban J connectivity index is 2.64. The van der Waals surface area contributed by atoms with E-state index in [4.69, 9.17) is 10.2 Å². The molecule has 0 aliphatic rings. The number of nitrogens with zero attached hydrogens (tertiary/aromatic N) is 1. The molecule has 4 heteroatoms. The van der Waals surface area contributed by atoms with E-state index in [-0.39, 0.29) is 13.0 Å². The van der Waals surface area contributed by atoms with Gasteiger partial charge in [0.1, 0.15) is 0 Å². The van der Waals surface area contributed by atoms with E-state index in [1.807, 2.05) is 36.7 Å². The highest BCUT2D eigenvalue weighted by atomic mass is 16.4. The maximum atomic E-state index is 10.9. The fourth-order valence-electron chi connectivity index (χ4n) is 2.22. The van der Waals surface area contributed by atoms with Gasteiger partial charge in [0.05, 0.1) is 13.0 Å². The molecule has 1 aromatic carbocycles. The lowest BCUT2D eigenvalue weighted by atomic mass is 10.0. The summed E-state index contributed by atoms with van der Waals surface area (Å²) in [6.45, 7) is 4.58. The summed E-state index contributed by atoms with van der Waals surface area (Å²) in [7, 11) is 0. The minimum atomic E-state index is -0.837. The molecule has 4 nitrogen and oxygen atoms in total. The van der Waals surface area contributed by atoms with Crippen molar-refractivity contribution in [3.8, 4) is 0 Å². The predicted octanol–water partition coefficient (Wildman–Crippen LogP) is 1.88. The number of aromatic nitrogens is 1. The van der Waals surface area contributed by atoms with Gasteiger partial charge < -0.3 is 14.8 Å². The van der Waals surface area contributed by atoms with Crippen LogP contribution in [-0.2, 0) is 17.8 Å². The molecule has 0 amide bonds. The molecule has 0 unspecified atom stereocenters. The molecular weight excluding hydrogens is 230 g/mol. The highest BCUT2D eigenvalue weighted by Gasteiger charge is 2.12. The number of aliphatic hydroxyl groups excluding tert-OH is 1. The predicted molar refractivity (Wildman–Crippen MR) is 69.8 cm³/mol. The first-order valence-electron chi connectivity index (χ1n) is 5.94. The van der Waals surface area contributed by atoms with Gasteiger partial charge in [-0.3, -0.25) is 4.79 Å². The van der Waals surface area contributed by atoms with Gasteiger partial charge in [-0.1, -0.05) is 0 Å². The number of hydrogen-bond acceptors (Lipinski definition) is 2. The second-order valence-electron chi connectivity index (χ2n) is 4.60. The Morgan fingerprint density at radius 3 is 2.56 bits per heavy atom. The van der Waals surface area contributed by atoms with Gasteiger partial charge in [-0.05, 0) is 42.7 Å². The minimum absolute atomic E-state index is 0.0113. The van der Waals surface area contributed by atoms with Gasteiger partial charge in [0, 0.05) is 23.6 Å². The Kier molecular flexibility index (Phi) is 3.39. The van der Waals surface area contributed by atoms with Crippen LogP contribution >= 0.6 is 0 Å². The molecule has 0 aliphatic carbocycles. The zero-order valence-corrected chi connectivity index (χ0v) is 10.6. The van der Waals surface area contributed by atoms with E-state index in [2.05, 4.69) is 0 Å². The summed E-state index contributed by atoms with van der Waals surface area (Å²) in [5.41, 5.74) is 4.11. The number of benzene rings is 1. The SMILES string of the molecule is Cc1cc2c(CC(=O)O)cn(CCO)c2cc1C. The van der Waals surface area contributed by atoms with Gasteiger partial charge in [-0.25, -0.2) is 0 Å². The summed E-state index contributed by atoms with van der Waals surface area (Å²) in [6, 6.07) is 4.07. The lowest BCUT2D eigenvalue weighted by molar-refractivity contribution is -0.136. The first kappa shape index (κ1) is 12.6. The van der Waals surface area contributed by atoms with Crippen LogP contribution in [0.1, 0.15) is 16.7 Å². The van der Waals surface area contributed by atoms with Crippen LogP contribution in [0.3, 0.4) is 0 Å². The standard InChI is InChI=1S/C14H17NO3/c1-9-5-12-11(7-14(17)18)8-15(3-4-16)13(12)6-10(9)2/h5-6,8,16H,3-4,7H2,1-2H3,(H,17,18). The maximum Gasteiger partial charge on any atom is 0.307 e. The molecule has 2 aromatic rings. The average Bonchev–Trinajstić information content (AvgIpc) is 2.58. The summed E-state index contributed by atoms with van der Waals surface area (Å²) in [4.78, 5) is 10.9. The van der Waals surface area contributed by atoms with Gasteiger partial charge >= 0.3 is 5.97 Å². The molecule has 1 heterocycles. The van der Waals surface area contributed by atoms with Crippen molar-refractivity contribution in [2.45, 2.75) is 26.8 Å². The maximum absolute atomic E-state index is 10.9. The summed E-state index contributed by atoms with van der Waals surface area (Å²) < 4.78 is 1.92. The molecule has 0 spiro atoms. The summed E-state index contributed by atoms with van der Waals surface area (Å²) in [6.07, 6.45) is 1.84. The van der Waals surface area contributed by atoms with E-state index < -0.39 is 5.97 Å². The monoisotopic (exact) mass is 247 g/mol. The number of aryl methyl sites for hydroxylation is 2. The number of hydrogen-bond donors (Lipinski definition) is 2. The Morgan fingerprint density at radius 1 is 1.28 bits per heavy atom. The third-order valence-electron chi connectivity index (χ3n) is 3.26. The molecule has 96 valence electrons. The van der Waals surface area contributed by atoms with Crippen LogP contribution in [-0.4, -0.2) is 27.4 Å². The Bertz CT molecular complexity index is 599. The zero-order valence-electron chi connectivity index (χ0n) is 10.6. The van der Waals surface area contributed by atoms with Crippen molar-refractivity contribution < 1.29 is 15.0 Å². The van der Waals surface area contributed by atoms with Crippen LogP contribution in [0.15, 0.2) is 18.3 Å². The number of aliphatic carboxylic acids is 1. The smallest absolute Gasteiger partial charge is 0.307 e. The third-order valence-corrected chi connectivity index (χ3v) is 3.26. The molecule has 0 aliphatic heterocycles. The van der Waals surface area contributed by atoms with Crippen LogP contribution in [0.2, 0.25) is 0 Å². The summed E-state index contributed by atoms with van der Waals surface area (Å²) in [5.74, 6) is -0.837. The normalized spacial score (nSPS) is 11.1. The topological polar surface area (TPSA) is 62.5 Å². The van der Waals surface area contributed by atoms with Crippen molar-refractivity contribution >= 4 is 16.9 Å². The van der Waals surface area contributed by atoms with Gasteiger partial charge in [0.15, 0.2) is 0 Å². The number of fused-ring (bicyclic) bond motifs is 1. The summed E-state index contributed by atoms with van der Waals surface area (Å²) in [5, 5.41) is 19.0. The van der Waals surface area contributed by atoms with Crippen LogP contribution in [0, 0.1) is 13.8 Å². The second kappa shape index (κ2) is 4.82. The highest BCUT2D eigenvalue weighted by molar-refractivity contribution is 5.88. The van der Waals surface area contributed by atoms with E-state index in [0.717, 1.165) is 22.0 Å². The number of carboxylic acid groups (broad SMARTS) is 1. The number of carboxylic acids is 1. The quantitative estimate of drug-likeness (QED) is 0.867. The van der Waals surface area contributed by atoms with Gasteiger partial charge in [0.25, 0.3) is 0 Å². The fraction of sp³-hybridized carbons (Fsp3) is 0.357. The van der Waals surface area contributed by atoms with E-state index in [0.29, 0.717) is 6.54 Å². The highest BCUT2D eigenvalue weighted by Crippen LogP contribution is 2.25. The molecule has 2 rings (SSSR count). The van der Waals surface area contributed by atoms with Crippen molar-refractivity contribution in [3.05, 3.63) is 35.0 Å². The Hall–Kier alpha value is -1.81. The van der Waals surface area contributed by atoms with Crippen molar-refractivity contribution in [1.29, 1.82) is 0 Å². The van der Waals surface area contributed by atoms with Gasteiger partial charge in [0.2, 0.25) is 0 Å². The molecule has 0 saturated heterocycles. The first-order valence-corrected chi connectivity index (χ1v) is 5.94. The molecule has 0 radical (unpaired) electrons. The molecule has 1 aromatic heterocycles. The largest absolute Gasteiger partial charge is 0.481 e. The number of aliphatic hydroxyl groups is 1. The van der Waals surface area contributed by atoms with E-state index >= 15 is 0 Å². The Labute approximate surface area is 105 Å². The lowest BCUT2D eigenvalue weighted by Gasteiger charge is -2.05. The van der Waals surface area contributed by atoms with E-state index in [1.165, 1.54) is 5.56 Å². The van der Waals surface area contributed by atoms with E-state index in [9.17, 15) is 4.79 Å². The van der Waals surface area contributed by atoms with Crippen LogP contribution in [0.25, 0.3) is 10.9 Å². The number of rotatable bonds is 4. The molecule has 0 bridgehead atoms. The second-order valence-corrected chi connectivity index (χ2v) is 4.60. The molecule has 0 fully saturated rings. The molecule has 0 atom stereocenters. The molecule has 0 saturated carbocycles. The van der Waals surface area contributed by atoms with Gasteiger partial charge in [-0.2, -0.15) is 0 Å². The Morgan fingerprint density at radius 2 is 1.94 bits per heavy atom. The van der Waals surface area contributed by atoms with Crippen LogP contribution in [0.4, 0.5) is 0 Å². The van der Waals surface area contributed by atoms with Crippen LogP contribution in [0.5, 0.6) is 0 Å². The van der Waals surface area contributed by atoms with Crippen molar-refractivity contribution in [3.63, 3.8) is 0 Å².